The van der Waals surface area contributed by atoms with Crippen LogP contribution in [0.1, 0.15) is 55.2 Å². The molecule has 112 valence electrons. The van der Waals surface area contributed by atoms with E-state index in [1.165, 1.54) is 56.5 Å². The van der Waals surface area contributed by atoms with Gasteiger partial charge >= 0.3 is 0 Å². The zero-order valence-corrected chi connectivity index (χ0v) is 13.7. The summed E-state index contributed by atoms with van der Waals surface area (Å²) in [4.78, 5) is 5.82. The summed E-state index contributed by atoms with van der Waals surface area (Å²) in [6.07, 6.45) is 8.23. The van der Waals surface area contributed by atoms with Crippen LogP contribution in [0.5, 0.6) is 0 Å². The molecular weight excluding hydrogens is 264 g/mol. The molecule has 2 saturated heterocycles. The molecule has 2 unspecified atom stereocenters. The number of nitrogens with one attached hydrogen (secondary N) is 1. The third-order valence-corrected chi connectivity index (χ3v) is 5.93. The summed E-state index contributed by atoms with van der Waals surface area (Å²) in [5.74, 6) is 0. The lowest BCUT2D eigenvalue weighted by Gasteiger charge is -2.49. The number of hydrogen-bond acceptors (Lipinski definition) is 3. The van der Waals surface area contributed by atoms with E-state index in [9.17, 15) is 0 Å². The molecule has 2 bridgehead atoms. The van der Waals surface area contributed by atoms with E-state index in [1.807, 2.05) is 11.3 Å². The highest BCUT2D eigenvalue weighted by Crippen LogP contribution is 2.36. The molecule has 0 aromatic carbocycles. The minimum absolute atomic E-state index is 0.770. The van der Waals surface area contributed by atoms with Gasteiger partial charge in [-0.15, -0.1) is 11.3 Å². The Morgan fingerprint density at radius 2 is 2.00 bits per heavy atom. The molecule has 3 heterocycles. The normalized spacial score (nSPS) is 30.6. The first-order valence-corrected chi connectivity index (χ1v) is 9.12. The van der Waals surface area contributed by atoms with Crippen molar-refractivity contribution in [1.29, 1.82) is 0 Å². The Balaban J connectivity index is 1.64. The van der Waals surface area contributed by atoms with Gasteiger partial charge in [-0.3, -0.25) is 4.90 Å². The van der Waals surface area contributed by atoms with Crippen LogP contribution in [-0.4, -0.2) is 29.6 Å². The van der Waals surface area contributed by atoms with Crippen LogP contribution in [0.25, 0.3) is 0 Å². The maximum absolute atomic E-state index is 3.76. The van der Waals surface area contributed by atoms with Crippen LogP contribution in [0, 0.1) is 6.92 Å². The minimum atomic E-state index is 0.770. The van der Waals surface area contributed by atoms with Crippen LogP contribution in [0.4, 0.5) is 0 Å². The van der Waals surface area contributed by atoms with Crippen molar-refractivity contribution < 1.29 is 0 Å². The predicted molar refractivity (Wildman–Crippen MR) is 87.3 cm³/mol. The van der Waals surface area contributed by atoms with Gasteiger partial charge in [-0.2, -0.15) is 0 Å². The number of hydrogen-bond donors (Lipinski definition) is 1. The zero-order chi connectivity index (χ0) is 13.9. The Bertz CT molecular complexity index is 414. The zero-order valence-electron chi connectivity index (χ0n) is 12.9. The number of aryl methyl sites for hydroxylation is 1. The Morgan fingerprint density at radius 1 is 1.25 bits per heavy atom. The number of fused-ring (bicyclic) bond motifs is 2. The summed E-state index contributed by atoms with van der Waals surface area (Å²) in [7, 11) is 0. The number of thiophene rings is 1. The molecule has 2 aliphatic heterocycles. The molecular formula is C17H28N2S. The van der Waals surface area contributed by atoms with E-state index in [0.29, 0.717) is 0 Å². The molecule has 1 aromatic rings. The largest absolute Gasteiger partial charge is 0.314 e. The fraction of sp³-hybridized carbons (Fsp3) is 0.765. The fourth-order valence-corrected chi connectivity index (χ4v) is 4.90. The molecule has 0 radical (unpaired) electrons. The minimum Gasteiger partial charge on any atom is -0.314 e. The van der Waals surface area contributed by atoms with Crippen LogP contribution in [0.3, 0.4) is 0 Å². The Kier molecular flexibility index (Phi) is 4.79. The fourth-order valence-electron chi connectivity index (χ4n) is 4.00. The standard InChI is InChI=1S/C17H28N2S/c1-3-9-18-14-10-15-5-4-6-16(11-14)19(15)12-17-8-7-13(2)20-17/h7-8,14-16,18H,3-6,9-12H2,1-2H3. The second kappa shape index (κ2) is 6.59. The summed E-state index contributed by atoms with van der Waals surface area (Å²) in [6.45, 7) is 6.86. The molecule has 20 heavy (non-hydrogen) atoms. The molecule has 2 atom stereocenters. The lowest BCUT2D eigenvalue weighted by Crippen LogP contribution is -2.55. The van der Waals surface area contributed by atoms with Crippen molar-refractivity contribution in [3.8, 4) is 0 Å². The summed E-state index contributed by atoms with van der Waals surface area (Å²) >= 11 is 1.98. The monoisotopic (exact) mass is 292 g/mol. The first-order chi connectivity index (χ1) is 9.76. The number of piperidine rings is 2. The molecule has 3 heteroatoms. The summed E-state index contributed by atoms with van der Waals surface area (Å²) < 4.78 is 0. The molecule has 0 amide bonds. The van der Waals surface area contributed by atoms with Crippen molar-refractivity contribution >= 4 is 11.3 Å². The van der Waals surface area contributed by atoms with Gasteiger partial charge in [0.25, 0.3) is 0 Å². The highest BCUT2D eigenvalue weighted by molar-refractivity contribution is 7.11. The van der Waals surface area contributed by atoms with Crippen molar-refractivity contribution in [3.63, 3.8) is 0 Å². The highest BCUT2D eigenvalue weighted by Gasteiger charge is 2.37. The van der Waals surface area contributed by atoms with Gasteiger partial charge in [0.2, 0.25) is 0 Å². The lowest BCUT2D eigenvalue weighted by atomic mass is 9.81. The second-order valence-electron chi connectivity index (χ2n) is 6.55. The van der Waals surface area contributed by atoms with Crippen molar-refractivity contribution in [2.75, 3.05) is 6.54 Å². The molecule has 0 saturated carbocycles. The summed E-state index contributed by atoms with van der Waals surface area (Å²) in [5, 5.41) is 3.76. The smallest absolute Gasteiger partial charge is 0.0333 e. The van der Waals surface area contributed by atoms with Gasteiger partial charge in [-0.25, -0.2) is 0 Å². The molecule has 1 aromatic heterocycles. The highest BCUT2D eigenvalue weighted by atomic mass is 32.1. The van der Waals surface area contributed by atoms with Crippen molar-refractivity contribution in [3.05, 3.63) is 21.9 Å². The van der Waals surface area contributed by atoms with Crippen LogP contribution in [-0.2, 0) is 6.54 Å². The lowest BCUT2D eigenvalue weighted by molar-refractivity contribution is 0.0185. The Morgan fingerprint density at radius 3 is 2.60 bits per heavy atom. The summed E-state index contributed by atoms with van der Waals surface area (Å²) in [5.41, 5.74) is 0. The molecule has 1 N–H and O–H groups in total. The molecule has 0 spiro atoms. The third-order valence-electron chi connectivity index (χ3n) is 4.94. The van der Waals surface area contributed by atoms with Gasteiger partial charge in [0, 0.05) is 34.4 Å². The first-order valence-electron chi connectivity index (χ1n) is 8.30. The predicted octanol–water partition coefficient (Wildman–Crippen LogP) is 3.94. The quantitative estimate of drug-likeness (QED) is 0.884. The molecule has 2 nitrogen and oxygen atoms in total. The summed E-state index contributed by atoms with van der Waals surface area (Å²) in [6, 6.07) is 7.01. The van der Waals surface area contributed by atoms with E-state index in [4.69, 9.17) is 0 Å². The average molecular weight is 292 g/mol. The number of rotatable bonds is 5. The van der Waals surface area contributed by atoms with Gasteiger partial charge in [-0.05, 0) is 57.7 Å². The van der Waals surface area contributed by atoms with Crippen LogP contribution >= 0.6 is 11.3 Å². The van der Waals surface area contributed by atoms with Crippen LogP contribution in [0.15, 0.2) is 12.1 Å². The van der Waals surface area contributed by atoms with Crippen molar-refractivity contribution in [2.45, 2.75) is 77.0 Å². The van der Waals surface area contributed by atoms with Crippen molar-refractivity contribution in [1.82, 2.24) is 10.2 Å². The molecule has 2 aliphatic rings. The second-order valence-corrected chi connectivity index (χ2v) is 7.92. The molecule has 2 fully saturated rings. The Hall–Kier alpha value is -0.380. The first kappa shape index (κ1) is 14.6. The van der Waals surface area contributed by atoms with E-state index in [1.54, 1.807) is 4.88 Å². The van der Waals surface area contributed by atoms with Crippen molar-refractivity contribution in [2.24, 2.45) is 0 Å². The van der Waals surface area contributed by atoms with Crippen LogP contribution < -0.4 is 5.32 Å². The average Bonchev–Trinajstić information content (AvgIpc) is 2.82. The maximum atomic E-state index is 3.76. The van der Waals surface area contributed by atoms with Gasteiger partial charge in [0.05, 0.1) is 0 Å². The van der Waals surface area contributed by atoms with E-state index in [0.717, 1.165) is 18.1 Å². The van der Waals surface area contributed by atoms with E-state index in [-0.39, 0.29) is 0 Å². The third kappa shape index (κ3) is 3.26. The maximum Gasteiger partial charge on any atom is 0.0333 e. The topological polar surface area (TPSA) is 15.3 Å². The Labute approximate surface area is 127 Å². The van der Waals surface area contributed by atoms with E-state index >= 15 is 0 Å². The van der Waals surface area contributed by atoms with Gasteiger partial charge in [0.1, 0.15) is 0 Å². The van der Waals surface area contributed by atoms with Gasteiger partial charge in [0.15, 0.2) is 0 Å². The van der Waals surface area contributed by atoms with Crippen LogP contribution in [0.2, 0.25) is 0 Å². The van der Waals surface area contributed by atoms with Gasteiger partial charge in [-0.1, -0.05) is 13.3 Å². The molecule has 3 rings (SSSR count). The number of nitrogens with zero attached hydrogens (tertiary/aromatic N) is 1. The molecule has 0 aliphatic carbocycles. The van der Waals surface area contributed by atoms with Gasteiger partial charge < -0.3 is 5.32 Å². The van der Waals surface area contributed by atoms with E-state index in [2.05, 4.69) is 36.2 Å². The van der Waals surface area contributed by atoms with E-state index < -0.39 is 0 Å². The SMILES string of the molecule is CCCNC1CC2CCCC(C1)N2Cc1ccc(C)s1.